The zero-order chi connectivity index (χ0) is 26.0. The maximum Gasteiger partial charge on any atom is 0.264 e. The highest BCUT2D eigenvalue weighted by Gasteiger charge is 2.31. The lowest BCUT2D eigenvalue weighted by molar-refractivity contribution is -0.131. The fraction of sp³-hybridized carbons (Fsp3) is 0.321. The molecule has 3 aromatic carbocycles. The van der Waals surface area contributed by atoms with Gasteiger partial charge in [-0.3, -0.25) is 14.0 Å². The summed E-state index contributed by atoms with van der Waals surface area (Å²) in [6.07, 6.45) is 0. The molecule has 1 fully saturated rings. The summed E-state index contributed by atoms with van der Waals surface area (Å²) in [5, 5.41) is 0. The second-order valence-corrected chi connectivity index (χ2v) is 11.3. The van der Waals surface area contributed by atoms with Gasteiger partial charge in [-0.25, -0.2) is 8.42 Å². The summed E-state index contributed by atoms with van der Waals surface area (Å²) in [5.74, 6) is 1.32. The molecule has 1 saturated heterocycles. The molecule has 0 bridgehead atoms. The van der Waals surface area contributed by atoms with Gasteiger partial charge in [0.15, 0.2) is 11.5 Å². The average molecular weight is 522 g/mol. The lowest BCUT2D eigenvalue weighted by Crippen LogP contribution is -2.51. The Morgan fingerprint density at radius 2 is 1.62 bits per heavy atom. The molecule has 0 radical (unpaired) electrons. The molecular weight excluding hydrogens is 490 g/mol. The highest BCUT2D eigenvalue weighted by atomic mass is 32.2. The summed E-state index contributed by atoms with van der Waals surface area (Å²) in [5.41, 5.74) is 3.46. The van der Waals surface area contributed by atoms with Gasteiger partial charge in [-0.2, -0.15) is 0 Å². The van der Waals surface area contributed by atoms with Gasteiger partial charge in [0.2, 0.25) is 12.7 Å². The van der Waals surface area contributed by atoms with Crippen LogP contribution in [0.5, 0.6) is 11.5 Å². The zero-order valence-electron chi connectivity index (χ0n) is 21.1. The second kappa shape index (κ2) is 10.4. The number of anilines is 1. The van der Waals surface area contributed by atoms with Crippen LogP contribution >= 0.6 is 0 Å². The number of sulfonamides is 1. The lowest BCUT2D eigenvalue weighted by atomic mass is 10.1. The SMILES string of the molecule is Cc1cccc(N(CC(=O)N2CCN(Cc3ccc4c(c3)OCO4)CC2)S(=O)(=O)c2ccccc2)c1C. The Bertz CT molecular complexity index is 1390. The molecule has 1 amide bonds. The van der Waals surface area contributed by atoms with Crippen molar-refractivity contribution in [3.05, 3.63) is 83.4 Å². The Hall–Kier alpha value is -3.56. The van der Waals surface area contributed by atoms with Crippen LogP contribution in [0.15, 0.2) is 71.6 Å². The third kappa shape index (κ3) is 5.28. The number of fused-ring (bicyclic) bond motifs is 1. The molecule has 0 spiro atoms. The molecule has 2 aliphatic rings. The minimum absolute atomic E-state index is 0.164. The number of piperazine rings is 1. The Labute approximate surface area is 218 Å². The zero-order valence-corrected chi connectivity index (χ0v) is 21.9. The summed E-state index contributed by atoms with van der Waals surface area (Å²) >= 11 is 0. The first-order valence-corrected chi connectivity index (χ1v) is 13.8. The summed E-state index contributed by atoms with van der Waals surface area (Å²) < 4.78 is 39.5. The molecule has 2 heterocycles. The van der Waals surface area contributed by atoms with E-state index in [4.69, 9.17) is 9.47 Å². The molecule has 194 valence electrons. The van der Waals surface area contributed by atoms with Crippen LogP contribution in [0, 0.1) is 13.8 Å². The van der Waals surface area contributed by atoms with Gasteiger partial charge in [0.05, 0.1) is 10.6 Å². The maximum atomic E-state index is 13.7. The maximum absolute atomic E-state index is 13.7. The standard InChI is InChI=1S/C28H31N3O5S/c1-21-7-6-10-25(22(21)2)31(37(33,34)24-8-4-3-5-9-24)19-28(32)30-15-13-29(14-16-30)18-23-11-12-26-27(17-23)36-20-35-26/h3-12,17H,13-16,18-20H2,1-2H3. The van der Waals surface area contributed by atoms with Gasteiger partial charge >= 0.3 is 0 Å². The number of benzene rings is 3. The van der Waals surface area contributed by atoms with Gasteiger partial charge in [-0.15, -0.1) is 0 Å². The highest BCUT2D eigenvalue weighted by molar-refractivity contribution is 7.92. The summed E-state index contributed by atoms with van der Waals surface area (Å²) in [6.45, 7) is 7.05. The number of rotatable bonds is 7. The van der Waals surface area contributed by atoms with Crippen molar-refractivity contribution >= 4 is 21.6 Å². The molecule has 0 aromatic heterocycles. The van der Waals surface area contributed by atoms with E-state index in [9.17, 15) is 13.2 Å². The van der Waals surface area contributed by atoms with E-state index in [0.717, 1.165) is 34.7 Å². The largest absolute Gasteiger partial charge is 0.454 e. The Morgan fingerprint density at radius 1 is 0.892 bits per heavy atom. The minimum Gasteiger partial charge on any atom is -0.454 e. The van der Waals surface area contributed by atoms with Crippen molar-refractivity contribution in [2.24, 2.45) is 0 Å². The first kappa shape index (κ1) is 25.1. The molecule has 9 heteroatoms. The number of ether oxygens (including phenoxy) is 2. The first-order valence-electron chi connectivity index (χ1n) is 12.4. The van der Waals surface area contributed by atoms with Crippen molar-refractivity contribution in [1.82, 2.24) is 9.80 Å². The number of carbonyl (C=O) groups excluding carboxylic acids is 1. The molecule has 3 aromatic rings. The van der Waals surface area contributed by atoms with Crippen LogP contribution in [0.3, 0.4) is 0 Å². The van der Waals surface area contributed by atoms with E-state index in [1.165, 1.54) is 4.31 Å². The number of hydrogen-bond donors (Lipinski definition) is 0. The minimum atomic E-state index is -3.93. The fourth-order valence-electron chi connectivity index (χ4n) is 4.70. The molecule has 8 nitrogen and oxygen atoms in total. The Balaban J connectivity index is 1.29. The van der Waals surface area contributed by atoms with Gasteiger partial charge in [-0.05, 0) is 60.9 Å². The van der Waals surface area contributed by atoms with E-state index in [-0.39, 0.29) is 24.1 Å². The fourth-order valence-corrected chi connectivity index (χ4v) is 6.19. The van der Waals surface area contributed by atoms with Crippen molar-refractivity contribution in [3.8, 4) is 11.5 Å². The predicted octanol–water partition coefficient (Wildman–Crippen LogP) is 3.57. The van der Waals surface area contributed by atoms with E-state index in [1.54, 1.807) is 41.3 Å². The number of aryl methyl sites for hydroxylation is 1. The molecule has 0 N–H and O–H groups in total. The van der Waals surface area contributed by atoms with Crippen molar-refractivity contribution in [1.29, 1.82) is 0 Å². The second-order valence-electron chi connectivity index (χ2n) is 9.39. The Morgan fingerprint density at radius 3 is 2.38 bits per heavy atom. The van der Waals surface area contributed by atoms with Gasteiger partial charge in [-0.1, -0.05) is 36.4 Å². The summed E-state index contributed by atoms with van der Waals surface area (Å²) in [6, 6.07) is 19.8. The van der Waals surface area contributed by atoms with Gasteiger partial charge in [0, 0.05) is 32.7 Å². The van der Waals surface area contributed by atoms with Crippen LogP contribution in [-0.2, 0) is 21.4 Å². The molecule has 5 rings (SSSR count). The summed E-state index contributed by atoms with van der Waals surface area (Å²) in [4.78, 5) is 17.6. The van der Waals surface area contributed by atoms with Crippen LogP contribution in [0.4, 0.5) is 5.69 Å². The number of hydrogen-bond acceptors (Lipinski definition) is 6. The number of carbonyl (C=O) groups is 1. The highest BCUT2D eigenvalue weighted by Crippen LogP contribution is 2.33. The number of amides is 1. The summed E-state index contributed by atoms with van der Waals surface area (Å²) in [7, 11) is -3.93. The average Bonchev–Trinajstić information content (AvgIpc) is 3.38. The molecule has 0 aliphatic carbocycles. The third-order valence-electron chi connectivity index (χ3n) is 7.02. The first-order chi connectivity index (χ1) is 17.8. The van der Waals surface area contributed by atoms with Crippen molar-refractivity contribution < 1.29 is 22.7 Å². The quantitative estimate of drug-likeness (QED) is 0.473. The van der Waals surface area contributed by atoms with Gasteiger partial charge in [0.1, 0.15) is 6.54 Å². The van der Waals surface area contributed by atoms with E-state index < -0.39 is 10.0 Å². The van der Waals surface area contributed by atoms with E-state index in [0.29, 0.717) is 31.9 Å². The van der Waals surface area contributed by atoms with E-state index in [2.05, 4.69) is 4.90 Å². The monoisotopic (exact) mass is 521 g/mol. The third-order valence-corrected chi connectivity index (χ3v) is 8.80. The number of nitrogens with zero attached hydrogens (tertiary/aromatic N) is 3. The van der Waals surface area contributed by atoms with Gasteiger partial charge in [0.25, 0.3) is 10.0 Å². The van der Waals surface area contributed by atoms with Crippen molar-refractivity contribution in [2.75, 3.05) is 43.8 Å². The topological polar surface area (TPSA) is 79.4 Å². The van der Waals surface area contributed by atoms with Crippen LogP contribution in [0.25, 0.3) is 0 Å². The van der Waals surface area contributed by atoms with Crippen LogP contribution in [0.1, 0.15) is 16.7 Å². The molecule has 0 unspecified atom stereocenters. The predicted molar refractivity (Wildman–Crippen MR) is 141 cm³/mol. The van der Waals surface area contributed by atoms with E-state index >= 15 is 0 Å². The van der Waals surface area contributed by atoms with Crippen molar-refractivity contribution in [2.45, 2.75) is 25.3 Å². The Kier molecular flexibility index (Phi) is 7.08. The smallest absolute Gasteiger partial charge is 0.264 e. The van der Waals surface area contributed by atoms with Crippen LogP contribution < -0.4 is 13.8 Å². The lowest BCUT2D eigenvalue weighted by Gasteiger charge is -2.36. The van der Waals surface area contributed by atoms with Crippen molar-refractivity contribution in [3.63, 3.8) is 0 Å². The molecule has 0 atom stereocenters. The van der Waals surface area contributed by atoms with Crippen LogP contribution in [-0.4, -0.2) is 63.6 Å². The molecular formula is C28H31N3O5S. The molecule has 0 saturated carbocycles. The molecule has 37 heavy (non-hydrogen) atoms. The van der Waals surface area contributed by atoms with Crippen LogP contribution in [0.2, 0.25) is 0 Å². The van der Waals surface area contributed by atoms with E-state index in [1.807, 2.05) is 44.2 Å². The molecule has 2 aliphatic heterocycles. The van der Waals surface area contributed by atoms with Gasteiger partial charge < -0.3 is 14.4 Å². The normalized spacial score (nSPS) is 15.6.